The summed E-state index contributed by atoms with van der Waals surface area (Å²) in [4.78, 5) is 11.3. The van der Waals surface area contributed by atoms with Gasteiger partial charge in [0.25, 0.3) is 0 Å². The second-order valence-corrected chi connectivity index (χ2v) is 11.9. The summed E-state index contributed by atoms with van der Waals surface area (Å²) in [6.45, 7) is 13.2. The molecule has 1 aromatic carbocycles. The third-order valence-electron chi connectivity index (χ3n) is 4.08. The van der Waals surface area contributed by atoms with E-state index in [-0.39, 0.29) is 23.1 Å². The van der Waals surface area contributed by atoms with E-state index < -0.39 is 8.32 Å². The van der Waals surface area contributed by atoms with Gasteiger partial charge in [0.1, 0.15) is 24.0 Å². The minimum atomic E-state index is -1.80. The molecule has 5 heteroatoms. The highest BCUT2D eigenvalue weighted by Crippen LogP contribution is 2.36. The van der Waals surface area contributed by atoms with Gasteiger partial charge >= 0.3 is 0 Å². The number of Topliss-reactive ketones (excluding diaryl/α,β-unsaturated/α-hetero) is 1. The summed E-state index contributed by atoms with van der Waals surface area (Å²) in [7, 11) is -1.80. The van der Waals surface area contributed by atoms with Crippen LogP contribution in [0, 0.1) is 5.82 Å². The molecule has 124 valence electrons. The normalized spacial score (nSPS) is 12.3. The molecule has 0 radical (unpaired) electrons. The van der Waals surface area contributed by atoms with Crippen molar-refractivity contribution in [2.24, 2.45) is 0 Å². The Kier molecular flexibility index (Phi) is 6.32. The smallest absolute Gasteiger partial charge is 0.192 e. The summed E-state index contributed by atoms with van der Waals surface area (Å²) in [5, 5.41) is 0.144. The molecule has 0 saturated carbocycles. The summed E-state index contributed by atoms with van der Waals surface area (Å²) < 4.78 is 25.0. The average Bonchev–Trinajstić information content (AvgIpc) is 2.35. The van der Waals surface area contributed by atoms with Crippen molar-refractivity contribution in [3.63, 3.8) is 0 Å². The van der Waals surface area contributed by atoms with Gasteiger partial charge in [0.05, 0.1) is 6.61 Å². The second-order valence-electron chi connectivity index (χ2n) is 7.09. The first-order valence-electron chi connectivity index (χ1n) is 7.57. The van der Waals surface area contributed by atoms with Crippen molar-refractivity contribution in [1.29, 1.82) is 0 Å². The van der Waals surface area contributed by atoms with Crippen molar-refractivity contribution in [3.8, 4) is 5.75 Å². The molecule has 0 fully saturated rings. The van der Waals surface area contributed by atoms with E-state index >= 15 is 0 Å². The maximum Gasteiger partial charge on any atom is 0.192 e. The third kappa shape index (κ3) is 5.53. The molecule has 0 aliphatic carbocycles. The number of hydrogen-bond acceptors (Lipinski definition) is 3. The van der Waals surface area contributed by atoms with Crippen LogP contribution in [0.15, 0.2) is 18.2 Å². The fourth-order valence-corrected chi connectivity index (χ4v) is 2.77. The lowest BCUT2D eigenvalue weighted by Gasteiger charge is -2.36. The molecule has 22 heavy (non-hydrogen) atoms. The van der Waals surface area contributed by atoms with Gasteiger partial charge in [-0.15, -0.1) is 0 Å². The molecule has 0 unspecified atom stereocenters. The molecule has 0 aliphatic heterocycles. The quantitative estimate of drug-likeness (QED) is 0.552. The number of carbonyl (C=O) groups excluding carboxylic acids is 1. The lowest BCUT2D eigenvalue weighted by atomic mass is 10.1. The van der Waals surface area contributed by atoms with Crippen LogP contribution in [0.5, 0.6) is 5.75 Å². The Balaban J connectivity index is 2.61. The minimum absolute atomic E-state index is 0.0222. The van der Waals surface area contributed by atoms with Gasteiger partial charge in [-0.3, -0.25) is 4.79 Å². The summed E-state index contributed by atoms with van der Waals surface area (Å²) >= 11 is 0. The van der Waals surface area contributed by atoms with Gasteiger partial charge in [-0.05, 0) is 31.1 Å². The van der Waals surface area contributed by atoms with Crippen molar-refractivity contribution in [3.05, 3.63) is 29.6 Å². The van der Waals surface area contributed by atoms with Gasteiger partial charge in [-0.25, -0.2) is 4.39 Å². The zero-order valence-electron chi connectivity index (χ0n) is 14.5. The van der Waals surface area contributed by atoms with Gasteiger partial charge in [-0.2, -0.15) is 0 Å². The number of rotatable bonds is 7. The van der Waals surface area contributed by atoms with Gasteiger partial charge < -0.3 is 9.16 Å². The van der Waals surface area contributed by atoms with E-state index in [9.17, 15) is 9.18 Å². The molecular formula is C17H27FO3Si. The summed E-state index contributed by atoms with van der Waals surface area (Å²) in [5.74, 6) is 0.0793. The van der Waals surface area contributed by atoms with E-state index in [0.717, 1.165) is 0 Å². The van der Waals surface area contributed by atoms with E-state index in [4.69, 9.17) is 9.16 Å². The molecule has 1 aromatic rings. The Hall–Kier alpha value is -1.20. The zero-order chi connectivity index (χ0) is 17.0. The predicted octanol–water partition coefficient (Wildman–Crippen LogP) is 4.36. The van der Waals surface area contributed by atoms with Crippen molar-refractivity contribution in [2.75, 3.05) is 13.2 Å². The molecule has 3 nitrogen and oxygen atoms in total. The van der Waals surface area contributed by atoms with Gasteiger partial charge in [0, 0.05) is 18.1 Å². The van der Waals surface area contributed by atoms with Crippen LogP contribution in [-0.2, 0) is 15.6 Å². The number of halogens is 1. The first-order chi connectivity index (χ1) is 10.0. The number of benzene rings is 1. The molecular weight excluding hydrogens is 299 g/mol. The van der Waals surface area contributed by atoms with E-state index in [0.29, 0.717) is 24.5 Å². The van der Waals surface area contributed by atoms with Crippen molar-refractivity contribution in [1.82, 2.24) is 0 Å². The molecule has 0 heterocycles. The standard InChI is InChI=1S/C17H27FO3Si/c1-13(19)11-14-7-8-15(18)12-16(14)20-9-10-21-22(5,6)17(2,3)4/h7-8,12H,9-11H2,1-6H3. The summed E-state index contributed by atoms with van der Waals surface area (Å²) in [6.07, 6.45) is 0.249. The van der Waals surface area contributed by atoms with E-state index in [1.807, 2.05) is 0 Å². The van der Waals surface area contributed by atoms with Gasteiger partial charge in [0.2, 0.25) is 0 Å². The molecule has 0 spiro atoms. The number of carbonyl (C=O) groups is 1. The Labute approximate surface area is 134 Å². The Bertz CT molecular complexity index is 521. The largest absolute Gasteiger partial charge is 0.491 e. The van der Waals surface area contributed by atoms with E-state index in [1.54, 1.807) is 6.07 Å². The fourth-order valence-electron chi connectivity index (χ4n) is 1.74. The molecule has 0 atom stereocenters. The van der Waals surface area contributed by atoms with Crippen LogP contribution in [0.25, 0.3) is 0 Å². The Morgan fingerprint density at radius 3 is 2.41 bits per heavy atom. The maximum atomic E-state index is 13.3. The summed E-state index contributed by atoms with van der Waals surface area (Å²) in [5.41, 5.74) is 0.709. The molecule has 0 aliphatic rings. The lowest BCUT2D eigenvalue weighted by Crippen LogP contribution is -2.41. The fraction of sp³-hybridized carbons (Fsp3) is 0.588. The van der Waals surface area contributed by atoms with E-state index in [2.05, 4.69) is 33.9 Å². The molecule has 0 saturated heterocycles. The highest BCUT2D eigenvalue weighted by Gasteiger charge is 2.36. The Morgan fingerprint density at radius 1 is 1.23 bits per heavy atom. The van der Waals surface area contributed by atoms with Crippen molar-refractivity contribution < 1.29 is 18.3 Å². The first kappa shape index (κ1) is 18.8. The van der Waals surface area contributed by atoms with Crippen LogP contribution in [0.2, 0.25) is 18.1 Å². The monoisotopic (exact) mass is 326 g/mol. The minimum Gasteiger partial charge on any atom is -0.491 e. The zero-order valence-corrected chi connectivity index (χ0v) is 15.5. The molecule has 0 aromatic heterocycles. The first-order valence-corrected chi connectivity index (χ1v) is 10.5. The second kappa shape index (κ2) is 7.37. The number of ketones is 1. The topological polar surface area (TPSA) is 35.5 Å². The highest BCUT2D eigenvalue weighted by molar-refractivity contribution is 6.74. The third-order valence-corrected chi connectivity index (χ3v) is 8.62. The molecule has 0 N–H and O–H groups in total. The Morgan fingerprint density at radius 2 is 1.86 bits per heavy atom. The van der Waals surface area contributed by atoms with Crippen LogP contribution >= 0.6 is 0 Å². The van der Waals surface area contributed by atoms with E-state index in [1.165, 1.54) is 19.1 Å². The predicted molar refractivity (Wildman–Crippen MR) is 89.4 cm³/mol. The van der Waals surface area contributed by atoms with Crippen molar-refractivity contribution in [2.45, 2.75) is 52.2 Å². The van der Waals surface area contributed by atoms with Crippen LogP contribution < -0.4 is 4.74 Å². The van der Waals surface area contributed by atoms with Crippen molar-refractivity contribution >= 4 is 14.1 Å². The van der Waals surface area contributed by atoms with Crippen LogP contribution in [0.4, 0.5) is 4.39 Å². The van der Waals surface area contributed by atoms with Gasteiger partial charge in [-0.1, -0.05) is 26.8 Å². The van der Waals surface area contributed by atoms with Crippen LogP contribution in [0.1, 0.15) is 33.3 Å². The number of hydrogen-bond donors (Lipinski definition) is 0. The molecule has 0 bridgehead atoms. The highest BCUT2D eigenvalue weighted by atomic mass is 28.4. The number of ether oxygens (including phenoxy) is 1. The molecule has 0 amide bonds. The van der Waals surface area contributed by atoms with Crippen LogP contribution in [0.3, 0.4) is 0 Å². The van der Waals surface area contributed by atoms with Gasteiger partial charge in [0.15, 0.2) is 8.32 Å². The maximum absolute atomic E-state index is 13.3. The SMILES string of the molecule is CC(=O)Cc1ccc(F)cc1OCCO[Si](C)(C)C(C)(C)C. The average molecular weight is 326 g/mol. The van der Waals surface area contributed by atoms with Crippen LogP contribution in [-0.4, -0.2) is 27.3 Å². The summed E-state index contributed by atoms with van der Waals surface area (Å²) in [6, 6.07) is 4.27. The molecule has 1 rings (SSSR count). The lowest BCUT2D eigenvalue weighted by molar-refractivity contribution is -0.116.